The Morgan fingerprint density at radius 1 is 0.290 bits per heavy atom. The van der Waals surface area contributed by atoms with Gasteiger partial charge in [0.1, 0.15) is 13.2 Å². The van der Waals surface area contributed by atoms with E-state index in [9.17, 15) is 14.4 Å². The number of allylic oxidation sites excluding steroid dienone is 10. The third kappa shape index (κ3) is 55.9. The molecular formula is C63H112O6. The molecule has 0 aromatic heterocycles. The Labute approximate surface area is 428 Å². The van der Waals surface area contributed by atoms with Gasteiger partial charge in [-0.1, -0.05) is 236 Å². The number of unbranched alkanes of at least 4 members (excludes halogenated alkanes) is 33. The topological polar surface area (TPSA) is 78.9 Å². The van der Waals surface area contributed by atoms with Crippen molar-refractivity contribution in [2.45, 2.75) is 309 Å². The van der Waals surface area contributed by atoms with Crippen LogP contribution in [0.1, 0.15) is 303 Å². The largest absolute Gasteiger partial charge is 0.462 e. The normalized spacial score (nSPS) is 12.4. The van der Waals surface area contributed by atoms with Crippen LogP contribution in [-0.4, -0.2) is 37.2 Å². The predicted octanol–water partition coefficient (Wildman–Crippen LogP) is 20.0. The van der Waals surface area contributed by atoms with E-state index < -0.39 is 6.10 Å². The Kier molecular flexibility index (Phi) is 55.3. The van der Waals surface area contributed by atoms with Crippen LogP contribution in [0.15, 0.2) is 60.8 Å². The first-order valence-corrected chi connectivity index (χ1v) is 29.8. The average Bonchev–Trinajstić information content (AvgIpc) is 3.35. The van der Waals surface area contributed by atoms with Crippen LogP contribution in [-0.2, 0) is 28.6 Å². The Balaban J connectivity index is 4.41. The summed E-state index contributed by atoms with van der Waals surface area (Å²) in [6, 6.07) is 0. The first-order valence-electron chi connectivity index (χ1n) is 29.8. The molecule has 0 fully saturated rings. The van der Waals surface area contributed by atoms with Gasteiger partial charge in [-0.3, -0.25) is 14.4 Å². The molecule has 0 aliphatic heterocycles. The van der Waals surface area contributed by atoms with E-state index >= 15 is 0 Å². The molecule has 400 valence electrons. The summed E-state index contributed by atoms with van der Waals surface area (Å²) in [5, 5.41) is 0. The van der Waals surface area contributed by atoms with E-state index in [1.165, 1.54) is 173 Å². The smallest absolute Gasteiger partial charge is 0.306 e. The monoisotopic (exact) mass is 965 g/mol. The number of esters is 3. The number of ether oxygens (including phenoxy) is 3. The lowest BCUT2D eigenvalue weighted by Gasteiger charge is -2.18. The van der Waals surface area contributed by atoms with Crippen molar-refractivity contribution in [3.8, 4) is 0 Å². The molecule has 0 unspecified atom stereocenters. The Hall–Kier alpha value is -2.89. The van der Waals surface area contributed by atoms with Crippen molar-refractivity contribution in [3.05, 3.63) is 60.8 Å². The van der Waals surface area contributed by atoms with Crippen molar-refractivity contribution in [2.24, 2.45) is 0 Å². The van der Waals surface area contributed by atoms with Gasteiger partial charge in [-0.15, -0.1) is 0 Å². The molecule has 0 heterocycles. The third-order valence-corrected chi connectivity index (χ3v) is 13.0. The van der Waals surface area contributed by atoms with Crippen molar-refractivity contribution in [3.63, 3.8) is 0 Å². The van der Waals surface area contributed by atoms with Gasteiger partial charge in [0, 0.05) is 19.3 Å². The summed E-state index contributed by atoms with van der Waals surface area (Å²) in [5.74, 6) is -0.906. The molecule has 0 rings (SSSR count). The third-order valence-electron chi connectivity index (χ3n) is 13.0. The summed E-state index contributed by atoms with van der Waals surface area (Å²) in [4.78, 5) is 38.2. The summed E-state index contributed by atoms with van der Waals surface area (Å²) in [7, 11) is 0. The molecule has 0 aromatic rings. The molecule has 0 aliphatic rings. The quantitative estimate of drug-likeness (QED) is 0.0262. The van der Waals surface area contributed by atoms with Gasteiger partial charge in [-0.25, -0.2) is 0 Å². The van der Waals surface area contributed by atoms with E-state index in [1.54, 1.807) is 0 Å². The van der Waals surface area contributed by atoms with E-state index in [0.29, 0.717) is 19.3 Å². The minimum Gasteiger partial charge on any atom is -0.462 e. The summed E-state index contributed by atoms with van der Waals surface area (Å²) in [6.45, 7) is 6.60. The second-order valence-electron chi connectivity index (χ2n) is 19.9. The summed E-state index contributed by atoms with van der Waals surface area (Å²) < 4.78 is 16.9. The molecule has 0 radical (unpaired) electrons. The first-order chi connectivity index (χ1) is 34.0. The molecule has 0 aliphatic carbocycles. The fourth-order valence-electron chi connectivity index (χ4n) is 8.44. The Morgan fingerprint density at radius 3 is 0.855 bits per heavy atom. The SMILES string of the molecule is CCCCC/C=C\C/C=C\C/C=C\CCCCCCC(=O)O[C@H](COC(=O)CCCCCCC/C=C\CCCCCCCC)COC(=O)CCCCCCCCCCC/C=C\CCCCCCCC. The van der Waals surface area contributed by atoms with Crippen LogP contribution in [0.4, 0.5) is 0 Å². The standard InChI is InChI=1S/C63H112O6/c1-4-7-10-13-16-19-22-25-28-30-31-33-35-38-41-44-47-50-53-56-62(65)68-59-60(58-67-61(64)55-52-49-46-43-40-37-34-27-24-21-18-15-12-9-6-3)69-63(66)57-54-51-48-45-42-39-36-32-29-26-23-20-17-14-11-8-5-2/h17,20,25-29,34,36,39,60H,4-16,18-19,21-24,30-33,35,37-38,40-59H2,1-3H3/b20-17-,28-25-,29-26-,34-27-,39-36-/t60-/m1/s1. The van der Waals surface area contributed by atoms with Crippen LogP contribution in [0.5, 0.6) is 0 Å². The van der Waals surface area contributed by atoms with Gasteiger partial charge >= 0.3 is 17.9 Å². The predicted molar refractivity (Wildman–Crippen MR) is 298 cm³/mol. The number of carbonyl (C=O) groups excluding carboxylic acids is 3. The second kappa shape index (κ2) is 57.7. The van der Waals surface area contributed by atoms with Gasteiger partial charge in [0.05, 0.1) is 0 Å². The highest BCUT2D eigenvalue weighted by molar-refractivity contribution is 5.71. The highest BCUT2D eigenvalue weighted by atomic mass is 16.6. The first kappa shape index (κ1) is 66.1. The van der Waals surface area contributed by atoms with Gasteiger partial charge in [0.15, 0.2) is 6.10 Å². The lowest BCUT2D eigenvalue weighted by Crippen LogP contribution is -2.30. The van der Waals surface area contributed by atoms with Crippen molar-refractivity contribution in [2.75, 3.05) is 13.2 Å². The van der Waals surface area contributed by atoms with Crippen LogP contribution in [0.25, 0.3) is 0 Å². The summed E-state index contributed by atoms with van der Waals surface area (Å²) in [6.07, 6.45) is 72.1. The molecule has 0 amide bonds. The second-order valence-corrected chi connectivity index (χ2v) is 19.9. The van der Waals surface area contributed by atoms with Gasteiger partial charge in [0.25, 0.3) is 0 Å². The minimum atomic E-state index is -0.790. The van der Waals surface area contributed by atoms with Crippen LogP contribution >= 0.6 is 0 Å². The highest BCUT2D eigenvalue weighted by Crippen LogP contribution is 2.15. The molecule has 0 saturated carbocycles. The van der Waals surface area contributed by atoms with E-state index in [2.05, 4.69) is 81.5 Å². The van der Waals surface area contributed by atoms with Crippen LogP contribution in [0, 0.1) is 0 Å². The van der Waals surface area contributed by atoms with Crippen LogP contribution in [0.3, 0.4) is 0 Å². The summed E-state index contributed by atoms with van der Waals surface area (Å²) >= 11 is 0. The molecule has 0 aromatic carbocycles. The van der Waals surface area contributed by atoms with Crippen molar-refractivity contribution < 1.29 is 28.6 Å². The van der Waals surface area contributed by atoms with E-state index in [-0.39, 0.29) is 31.1 Å². The lowest BCUT2D eigenvalue weighted by molar-refractivity contribution is -0.167. The summed E-state index contributed by atoms with van der Waals surface area (Å²) in [5.41, 5.74) is 0. The van der Waals surface area contributed by atoms with E-state index in [1.807, 2.05) is 0 Å². The average molecular weight is 966 g/mol. The van der Waals surface area contributed by atoms with Crippen LogP contribution < -0.4 is 0 Å². The zero-order chi connectivity index (χ0) is 50.0. The molecular weight excluding hydrogens is 853 g/mol. The number of rotatable bonds is 54. The number of carbonyl (C=O) groups is 3. The highest BCUT2D eigenvalue weighted by Gasteiger charge is 2.19. The van der Waals surface area contributed by atoms with Crippen LogP contribution in [0.2, 0.25) is 0 Å². The van der Waals surface area contributed by atoms with Gasteiger partial charge in [-0.05, 0) is 109 Å². The molecule has 6 nitrogen and oxygen atoms in total. The molecule has 0 bridgehead atoms. The zero-order valence-electron chi connectivity index (χ0n) is 45.8. The molecule has 69 heavy (non-hydrogen) atoms. The fourth-order valence-corrected chi connectivity index (χ4v) is 8.44. The maximum Gasteiger partial charge on any atom is 0.306 e. The number of hydrogen-bond donors (Lipinski definition) is 0. The van der Waals surface area contributed by atoms with E-state index in [4.69, 9.17) is 14.2 Å². The molecule has 0 N–H and O–H groups in total. The Morgan fingerprint density at radius 2 is 0.522 bits per heavy atom. The van der Waals surface area contributed by atoms with Gasteiger partial charge < -0.3 is 14.2 Å². The maximum atomic E-state index is 12.9. The maximum absolute atomic E-state index is 12.9. The number of hydrogen-bond acceptors (Lipinski definition) is 6. The fraction of sp³-hybridized carbons (Fsp3) is 0.794. The molecule has 1 atom stereocenters. The molecule has 6 heteroatoms. The van der Waals surface area contributed by atoms with Crippen molar-refractivity contribution in [1.82, 2.24) is 0 Å². The molecule has 0 saturated heterocycles. The molecule has 0 spiro atoms. The lowest BCUT2D eigenvalue weighted by atomic mass is 10.1. The Bertz CT molecular complexity index is 1250. The van der Waals surface area contributed by atoms with E-state index in [0.717, 1.165) is 89.9 Å². The minimum absolute atomic E-state index is 0.0859. The van der Waals surface area contributed by atoms with Gasteiger partial charge in [-0.2, -0.15) is 0 Å². The van der Waals surface area contributed by atoms with Crippen molar-refractivity contribution in [1.29, 1.82) is 0 Å². The zero-order valence-corrected chi connectivity index (χ0v) is 45.8. The van der Waals surface area contributed by atoms with Crippen molar-refractivity contribution >= 4 is 17.9 Å². The van der Waals surface area contributed by atoms with Gasteiger partial charge in [0.2, 0.25) is 0 Å².